The Morgan fingerprint density at radius 1 is 1.33 bits per heavy atom. The Bertz CT molecular complexity index is 469. The molecule has 2 aliphatic rings. The van der Waals surface area contributed by atoms with E-state index in [1.165, 1.54) is 5.56 Å². The van der Waals surface area contributed by atoms with E-state index in [2.05, 4.69) is 0 Å². The fourth-order valence-electron chi connectivity index (χ4n) is 2.57. The van der Waals surface area contributed by atoms with E-state index in [4.69, 9.17) is 9.47 Å². The highest BCUT2D eigenvalue weighted by molar-refractivity contribution is 5.76. The molecule has 0 saturated carbocycles. The van der Waals surface area contributed by atoms with Gasteiger partial charge in [0.1, 0.15) is 5.75 Å². The number of benzene rings is 1. The first-order chi connectivity index (χ1) is 8.74. The van der Waals surface area contributed by atoms with E-state index in [-0.39, 0.29) is 5.97 Å². The summed E-state index contributed by atoms with van der Waals surface area (Å²) in [4.78, 5) is 11.3. The van der Waals surface area contributed by atoms with Crippen molar-refractivity contribution in [1.29, 1.82) is 0 Å². The molecular formula is C14H16O4. The van der Waals surface area contributed by atoms with Crippen LogP contribution in [0.4, 0.5) is 0 Å². The molecule has 1 fully saturated rings. The number of hydrogen-bond acceptors (Lipinski definition) is 4. The van der Waals surface area contributed by atoms with Gasteiger partial charge in [0.15, 0.2) is 6.10 Å². The molecule has 4 nitrogen and oxygen atoms in total. The molecule has 4 heteroatoms. The van der Waals surface area contributed by atoms with Gasteiger partial charge in [0.05, 0.1) is 12.7 Å². The summed E-state index contributed by atoms with van der Waals surface area (Å²) in [6.45, 7) is 0.428. The summed E-state index contributed by atoms with van der Waals surface area (Å²) in [5, 5.41) is 9.95. The van der Waals surface area contributed by atoms with Crippen molar-refractivity contribution in [2.75, 3.05) is 6.61 Å². The third-order valence-corrected chi connectivity index (χ3v) is 3.57. The van der Waals surface area contributed by atoms with Crippen molar-refractivity contribution in [2.24, 2.45) is 0 Å². The number of cyclic esters (lactones) is 1. The van der Waals surface area contributed by atoms with Crippen molar-refractivity contribution in [3.63, 3.8) is 0 Å². The van der Waals surface area contributed by atoms with Gasteiger partial charge in [0.25, 0.3) is 0 Å². The number of rotatable bonds is 2. The van der Waals surface area contributed by atoms with Crippen LogP contribution in [0.25, 0.3) is 0 Å². The van der Waals surface area contributed by atoms with Crippen molar-refractivity contribution in [3.05, 3.63) is 29.3 Å². The standard InChI is InChI=1S/C14H16O4/c15-12-3-1-2-9-4-5-10(8-11(9)12)18-13-6-7-17-14(13)16/h4-5,8,12-13,15H,1-3,6-7H2/t12-,13?/m1/s1. The molecule has 0 amide bonds. The molecule has 1 aliphatic heterocycles. The lowest BCUT2D eigenvalue weighted by atomic mass is 9.89. The van der Waals surface area contributed by atoms with Crippen LogP contribution in [0.1, 0.15) is 36.5 Å². The molecule has 2 atom stereocenters. The lowest BCUT2D eigenvalue weighted by Crippen LogP contribution is -2.22. The predicted molar refractivity (Wildman–Crippen MR) is 64.3 cm³/mol. The Kier molecular flexibility index (Phi) is 2.96. The molecule has 0 aromatic heterocycles. The molecule has 1 aromatic carbocycles. The van der Waals surface area contributed by atoms with Gasteiger partial charge in [0.2, 0.25) is 0 Å². The van der Waals surface area contributed by atoms with Crippen LogP contribution in [0.2, 0.25) is 0 Å². The van der Waals surface area contributed by atoms with Crippen LogP contribution in [0.5, 0.6) is 5.75 Å². The summed E-state index contributed by atoms with van der Waals surface area (Å²) >= 11 is 0. The van der Waals surface area contributed by atoms with Gasteiger partial charge in [-0.25, -0.2) is 4.79 Å². The smallest absolute Gasteiger partial charge is 0.347 e. The van der Waals surface area contributed by atoms with Crippen LogP contribution >= 0.6 is 0 Å². The van der Waals surface area contributed by atoms with Gasteiger partial charge in [-0.3, -0.25) is 0 Å². The van der Waals surface area contributed by atoms with E-state index in [1.54, 1.807) is 0 Å². The number of carbonyl (C=O) groups is 1. The first kappa shape index (κ1) is 11.5. The van der Waals surface area contributed by atoms with Crippen LogP contribution in [0, 0.1) is 0 Å². The first-order valence-corrected chi connectivity index (χ1v) is 6.38. The molecule has 1 saturated heterocycles. The highest BCUT2D eigenvalue weighted by Crippen LogP contribution is 2.32. The van der Waals surface area contributed by atoms with Gasteiger partial charge in [-0.15, -0.1) is 0 Å². The average molecular weight is 248 g/mol. The first-order valence-electron chi connectivity index (χ1n) is 6.38. The zero-order chi connectivity index (χ0) is 12.5. The Labute approximate surface area is 106 Å². The zero-order valence-electron chi connectivity index (χ0n) is 10.1. The second kappa shape index (κ2) is 4.61. The molecule has 1 aromatic rings. The Hall–Kier alpha value is -1.55. The zero-order valence-corrected chi connectivity index (χ0v) is 10.1. The van der Waals surface area contributed by atoms with E-state index in [9.17, 15) is 9.90 Å². The van der Waals surface area contributed by atoms with Gasteiger partial charge in [-0.05, 0) is 42.5 Å². The molecule has 1 aliphatic carbocycles. The number of carbonyl (C=O) groups excluding carboxylic acids is 1. The Morgan fingerprint density at radius 2 is 2.22 bits per heavy atom. The highest BCUT2D eigenvalue weighted by atomic mass is 16.6. The minimum Gasteiger partial charge on any atom is -0.479 e. The third-order valence-electron chi connectivity index (χ3n) is 3.57. The van der Waals surface area contributed by atoms with Gasteiger partial charge in [0, 0.05) is 6.42 Å². The summed E-state index contributed by atoms with van der Waals surface area (Å²) in [6, 6.07) is 5.70. The average Bonchev–Trinajstić information content (AvgIpc) is 2.76. The molecule has 1 N–H and O–H groups in total. The number of fused-ring (bicyclic) bond motifs is 1. The topological polar surface area (TPSA) is 55.8 Å². The fourth-order valence-corrected chi connectivity index (χ4v) is 2.57. The van der Waals surface area contributed by atoms with Crippen molar-refractivity contribution in [2.45, 2.75) is 37.9 Å². The van der Waals surface area contributed by atoms with E-state index in [0.717, 1.165) is 24.8 Å². The molecular weight excluding hydrogens is 232 g/mol. The Balaban J connectivity index is 1.81. The predicted octanol–water partition coefficient (Wildman–Crippen LogP) is 1.75. The van der Waals surface area contributed by atoms with Crippen molar-refractivity contribution in [3.8, 4) is 5.75 Å². The van der Waals surface area contributed by atoms with Crippen molar-refractivity contribution in [1.82, 2.24) is 0 Å². The second-order valence-corrected chi connectivity index (χ2v) is 4.83. The lowest BCUT2D eigenvalue weighted by molar-refractivity contribution is -0.143. The number of hydrogen-bond donors (Lipinski definition) is 1. The van der Waals surface area contributed by atoms with Gasteiger partial charge in [-0.1, -0.05) is 6.07 Å². The molecule has 1 unspecified atom stereocenters. The van der Waals surface area contributed by atoms with E-state index < -0.39 is 12.2 Å². The van der Waals surface area contributed by atoms with E-state index in [1.807, 2.05) is 18.2 Å². The highest BCUT2D eigenvalue weighted by Gasteiger charge is 2.29. The van der Waals surface area contributed by atoms with Crippen molar-refractivity contribution >= 4 is 5.97 Å². The third kappa shape index (κ3) is 2.08. The molecule has 0 bridgehead atoms. The Morgan fingerprint density at radius 3 is 3.00 bits per heavy atom. The SMILES string of the molecule is O=C1OCCC1Oc1ccc2c(c1)[C@H](O)CCC2. The number of aliphatic hydroxyl groups is 1. The summed E-state index contributed by atoms with van der Waals surface area (Å²) in [5.74, 6) is 0.340. The number of aliphatic hydroxyl groups excluding tert-OH is 1. The maximum atomic E-state index is 11.3. The minimum absolute atomic E-state index is 0.298. The summed E-state index contributed by atoms with van der Waals surface area (Å²) in [7, 11) is 0. The normalized spacial score (nSPS) is 26.6. The van der Waals surface area contributed by atoms with Crippen LogP contribution in [-0.4, -0.2) is 23.8 Å². The summed E-state index contributed by atoms with van der Waals surface area (Å²) in [6.07, 6.45) is 2.50. The van der Waals surface area contributed by atoms with Crippen LogP contribution in [-0.2, 0) is 16.0 Å². The van der Waals surface area contributed by atoms with Crippen LogP contribution in [0.3, 0.4) is 0 Å². The molecule has 3 rings (SSSR count). The van der Waals surface area contributed by atoms with E-state index in [0.29, 0.717) is 18.8 Å². The molecule has 96 valence electrons. The maximum Gasteiger partial charge on any atom is 0.347 e. The summed E-state index contributed by atoms with van der Waals surface area (Å²) in [5.41, 5.74) is 2.11. The van der Waals surface area contributed by atoms with Crippen LogP contribution < -0.4 is 4.74 Å². The monoisotopic (exact) mass is 248 g/mol. The lowest BCUT2D eigenvalue weighted by Gasteiger charge is -2.22. The molecule has 0 spiro atoms. The molecule has 0 radical (unpaired) electrons. The fraction of sp³-hybridized carbons (Fsp3) is 0.500. The number of esters is 1. The molecule has 18 heavy (non-hydrogen) atoms. The van der Waals surface area contributed by atoms with E-state index >= 15 is 0 Å². The quantitative estimate of drug-likeness (QED) is 0.810. The number of aryl methyl sites for hydroxylation is 1. The van der Waals surface area contributed by atoms with Crippen molar-refractivity contribution < 1.29 is 19.4 Å². The van der Waals surface area contributed by atoms with Gasteiger partial charge < -0.3 is 14.6 Å². The number of ether oxygens (including phenoxy) is 2. The maximum absolute atomic E-state index is 11.3. The van der Waals surface area contributed by atoms with Gasteiger partial charge in [-0.2, -0.15) is 0 Å². The largest absolute Gasteiger partial charge is 0.479 e. The van der Waals surface area contributed by atoms with Gasteiger partial charge >= 0.3 is 5.97 Å². The van der Waals surface area contributed by atoms with Crippen LogP contribution in [0.15, 0.2) is 18.2 Å². The summed E-state index contributed by atoms with van der Waals surface area (Å²) < 4.78 is 10.5. The minimum atomic E-state index is -0.496. The molecule has 1 heterocycles. The second-order valence-electron chi connectivity index (χ2n) is 4.83.